The van der Waals surface area contributed by atoms with Crippen molar-refractivity contribution >= 4 is 11.6 Å². The Labute approximate surface area is 103 Å². The minimum Gasteiger partial charge on any atom is -0.326 e. The van der Waals surface area contributed by atoms with E-state index in [-0.39, 0.29) is 11.9 Å². The van der Waals surface area contributed by atoms with Gasteiger partial charge in [0.25, 0.3) is 0 Å². The van der Waals surface area contributed by atoms with Crippen LogP contribution in [0.4, 0.5) is 5.69 Å². The SMILES string of the molecule is CCC(C)c1ccc(N2CC(N)CC2=O)cc1. The Morgan fingerprint density at radius 1 is 1.41 bits per heavy atom. The second-order valence-electron chi connectivity index (χ2n) is 4.87. The van der Waals surface area contributed by atoms with Gasteiger partial charge < -0.3 is 10.6 Å². The molecule has 1 aromatic rings. The lowest BCUT2D eigenvalue weighted by atomic mass is 9.98. The third kappa shape index (κ3) is 2.50. The summed E-state index contributed by atoms with van der Waals surface area (Å²) < 4.78 is 0. The third-order valence-electron chi connectivity index (χ3n) is 3.54. The van der Waals surface area contributed by atoms with E-state index in [1.807, 2.05) is 12.1 Å². The lowest BCUT2D eigenvalue weighted by molar-refractivity contribution is -0.117. The maximum atomic E-state index is 11.7. The van der Waals surface area contributed by atoms with Crippen LogP contribution in [0.5, 0.6) is 0 Å². The summed E-state index contributed by atoms with van der Waals surface area (Å²) in [6.45, 7) is 5.04. The van der Waals surface area contributed by atoms with Crippen molar-refractivity contribution in [2.75, 3.05) is 11.4 Å². The fourth-order valence-corrected chi connectivity index (χ4v) is 2.20. The summed E-state index contributed by atoms with van der Waals surface area (Å²) in [4.78, 5) is 13.5. The van der Waals surface area contributed by atoms with Crippen LogP contribution in [0.15, 0.2) is 24.3 Å². The average Bonchev–Trinajstić information content (AvgIpc) is 2.68. The third-order valence-corrected chi connectivity index (χ3v) is 3.54. The Kier molecular flexibility index (Phi) is 3.48. The number of nitrogens with two attached hydrogens (primary N) is 1. The van der Waals surface area contributed by atoms with Crippen molar-refractivity contribution < 1.29 is 4.79 Å². The lowest BCUT2D eigenvalue weighted by Gasteiger charge is -2.17. The highest BCUT2D eigenvalue weighted by Gasteiger charge is 2.27. The Morgan fingerprint density at radius 2 is 2.06 bits per heavy atom. The van der Waals surface area contributed by atoms with Gasteiger partial charge in [0.15, 0.2) is 0 Å². The van der Waals surface area contributed by atoms with E-state index in [1.165, 1.54) is 5.56 Å². The Morgan fingerprint density at radius 3 is 2.53 bits per heavy atom. The van der Waals surface area contributed by atoms with Crippen LogP contribution in [0.1, 0.15) is 38.2 Å². The van der Waals surface area contributed by atoms with Gasteiger partial charge in [-0.3, -0.25) is 4.79 Å². The molecule has 1 fully saturated rings. The fraction of sp³-hybridized carbons (Fsp3) is 0.500. The molecule has 1 saturated heterocycles. The van der Waals surface area contributed by atoms with Gasteiger partial charge >= 0.3 is 0 Å². The molecule has 0 aromatic heterocycles. The Balaban J connectivity index is 2.15. The highest BCUT2D eigenvalue weighted by molar-refractivity contribution is 5.96. The molecule has 17 heavy (non-hydrogen) atoms. The van der Waals surface area contributed by atoms with Crippen molar-refractivity contribution in [3.63, 3.8) is 0 Å². The molecule has 2 unspecified atom stereocenters. The molecule has 3 heteroatoms. The molecular formula is C14H20N2O. The second kappa shape index (κ2) is 4.88. The lowest BCUT2D eigenvalue weighted by Crippen LogP contribution is -2.27. The standard InChI is InChI=1S/C14H20N2O/c1-3-10(2)11-4-6-13(7-5-11)16-9-12(15)8-14(16)17/h4-7,10,12H,3,8-9,15H2,1-2H3. The number of hydrogen-bond acceptors (Lipinski definition) is 2. The summed E-state index contributed by atoms with van der Waals surface area (Å²) in [6, 6.07) is 8.26. The number of benzene rings is 1. The van der Waals surface area contributed by atoms with Crippen LogP contribution in [0.2, 0.25) is 0 Å². The first kappa shape index (κ1) is 12.1. The second-order valence-corrected chi connectivity index (χ2v) is 4.87. The molecule has 0 saturated carbocycles. The monoisotopic (exact) mass is 232 g/mol. The minimum atomic E-state index is -0.0169. The molecule has 1 aliphatic rings. The summed E-state index contributed by atoms with van der Waals surface area (Å²) in [6.07, 6.45) is 1.60. The van der Waals surface area contributed by atoms with Crippen LogP contribution in [-0.4, -0.2) is 18.5 Å². The zero-order valence-electron chi connectivity index (χ0n) is 10.5. The highest BCUT2D eigenvalue weighted by atomic mass is 16.2. The molecule has 2 rings (SSSR count). The number of nitrogens with zero attached hydrogens (tertiary/aromatic N) is 1. The molecule has 1 amide bonds. The molecular weight excluding hydrogens is 212 g/mol. The number of hydrogen-bond donors (Lipinski definition) is 1. The van der Waals surface area contributed by atoms with Gasteiger partial charge in [-0.1, -0.05) is 26.0 Å². The minimum absolute atomic E-state index is 0.0169. The van der Waals surface area contributed by atoms with E-state index in [1.54, 1.807) is 4.90 Å². The van der Waals surface area contributed by atoms with Crippen molar-refractivity contribution in [2.24, 2.45) is 5.73 Å². The van der Waals surface area contributed by atoms with Crippen molar-refractivity contribution in [2.45, 2.75) is 38.6 Å². The van der Waals surface area contributed by atoms with E-state index in [0.29, 0.717) is 18.9 Å². The smallest absolute Gasteiger partial charge is 0.228 e. The molecule has 2 atom stereocenters. The molecule has 0 aliphatic carbocycles. The predicted molar refractivity (Wildman–Crippen MR) is 70.1 cm³/mol. The maximum Gasteiger partial charge on any atom is 0.228 e. The number of carbonyl (C=O) groups is 1. The molecule has 2 N–H and O–H groups in total. The van der Waals surface area contributed by atoms with Gasteiger partial charge in [-0.25, -0.2) is 0 Å². The number of carbonyl (C=O) groups excluding carboxylic acids is 1. The Hall–Kier alpha value is -1.35. The largest absolute Gasteiger partial charge is 0.326 e. The van der Waals surface area contributed by atoms with Gasteiger partial charge in [0.05, 0.1) is 0 Å². The van der Waals surface area contributed by atoms with Crippen LogP contribution in [-0.2, 0) is 4.79 Å². The molecule has 1 aromatic carbocycles. The first-order valence-corrected chi connectivity index (χ1v) is 6.27. The quantitative estimate of drug-likeness (QED) is 0.869. The molecule has 0 spiro atoms. The van der Waals surface area contributed by atoms with E-state index in [9.17, 15) is 4.79 Å². The predicted octanol–water partition coefficient (Wildman–Crippen LogP) is 2.26. The van der Waals surface area contributed by atoms with Gasteiger partial charge in [0.2, 0.25) is 5.91 Å². The first-order valence-electron chi connectivity index (χ1n) is 6.27. The zero-order chi connectivity index (χ0) is 12.4. The van der Waals surface area contributed by atoms with E-state index < -0.39 is 0 Å². The van der Waals surface area contributed by atoms with Crippen molar-refractivity contribution in [3.8, 4) is 0 Å². The summed E-state index contributed by atoms with van der Waals surface area (Å²) >= 11 is 0. The number of amides is 1. The first-order chi connectivity index (χ1) is 8.11. The average molecular weight is 232 g/mol. The number of rotatable bonds is 3. The summed E-state index contributed by atoms with van der Waals surface area (Å²) in [5, 5.41) is 0. The van der Waals surface area contributed by atoms with Crippen molar-refractivity contribution in [3.05, 3.63) is 29.8 Å². The van der Waals surface area contributed by atoms with Crippen molar-refractivity contribution in [1.82, 2.24) is 0 Å². The van der Waals surface area contributed by atoms with Gasteiger partial charge in [-0.2, -0.15) is 0 Å². The molecule has 1 aliphatic heterocycles. The van der Waals surface area contributed by atoms with Crippen LogP contribution < -0.4 is 10.6 Å². The molecule has 0 bridgehead atoms. The van der Waals surface area contributed by atoms with Crippen LogP contribution >= 0.6 is 0 Å². The fourth-order valence-electron chi connectivity index (χ4n) is 2.20. The van der Waals surface area contributed by atoms with Gasteiger partial charge in [0.1, 0.15) is 0 Å². The summed E-state index contributed by atoms with van der Waals surface area (Å²) in [7, 11) is 0. The Bertz CT molecular complexity index is 399. The highest BCUT2D eigenvalue weighted by Crippen LogP contribution is 2.25. The normalized spacial score (nSPS) is 21.9. The molecule has 0 radical (unpaired) electrons. The topological polar surface area (TPSA) is 46.3 Å². The van der Waals surface area contributed by atoms with Gasteiger partial charge in [-0.05, 0) is 30.0 Å². The van der Waals surface area contributed by atoms with Crippen LogP contribution in [0.3, 0.4) is 0 Å². The molecule has 92 valence electrons. The van der Waals surface area contributed by atoms with Gasteiger partial charge in [0, 0.05) is 24.7 Å². The van der Waals surface area contributed by atoms with Crippen LogP contribution in [0.25, 0.3) is 0 Å². The number of anilines is 1. The molecule has 3 nitrogen and oxygen atoms in total. The zero-order valence-corrected chi connectivity index (χ0v) is 10.5. The maximum absolute atomic E-state index is 11.7. The van der Waals surface area contributed by atoms with E-state index >= 15 is 0 Å². The molecule has 1 heterocycles. The van der Waals surface area contributed by atoms with E-state index in [0.717, 1.165) is 12.1 Å². The van der Waals surface area contributed by atoms with E-state index in [4.69, 9.17) is 5.73 Å². The summed E-state index contributed by atoms with van der Waals surface area (Å²) in [5.74, 6) is 0.703. The van der Waals surface area contributed by atoms with Gasteiger partial charge in [-0.15, -0.1) is 0 Å². The van der Waals surface area contributed by atoms with Crippen molar-refractivity contribution in [1.29, 1.82) is 0 Å². The summed E-state index contributed by atoms with van der Waals surface area (Å²) in [5.41, 5.74) is 8.08. The van der Waals surface area contributed by atoms with E-state index in [2.05, 4.69) is 26.0 Å². The van der Waals surface area contributed by atoms with Crippen LogP contribution in [0, 0.1) is 0 Å².